The predicted octanol–water partition coefficient (Wildman–Crippen LogP) is 5.65. The first-order valence-electron chi connectivity index (χ1n) is 12.0. The topological polar surface area (TPSA) is 73.4 Å². The molecule has 1 aromatic heterocycles. The van der Waals surface area contributed by atoms with Crippen molar-refractivity contribution in [2.75, 3.05) is 6.54 Å². The number of carboxylic acid groups (broad SMARTS) is 1. The monoisotopic (exact) mass is 480 g/mol. The van der Waals surface area contributed by atoms with E-state index in [2.05, 4.69) is 4.98 Å². The van der Waals surface area contributed by atoms with Crippen LogP contribution < -0.4 is 0 Å². The lowest BCUT2D eigenvalue weighted by molar-refractivity contribution is -0.238. The van der Waals surface area contributed by atoms with Crippen molar-refractivity contribution < 1.29 is 32.3 Å². The molecule has 1 aromatic carbocycles. The molecule has 34 heavy (non-hydrogen) atoms. The minimum absolute atomic E-state index is 0.101. The molecule has 1 aliphatic heterocycles. The maximum atomic E-state index is 16.2. The number of halogens is 4. The van der Waals surface area contributed by atoms with Gasteiger partial charge in [0.05, 0.1) is 12.3 Å². The number of hydrogen-bond acceptors (Lipinski definition) is 2. The number of likely N-dealkylation sites (tertiary alicyclic amines) is 1. The van der Waals surface area contributed by atoms with Crippen LogP contribution in [0.15, 0.2) is 24.4 Å². The summed E-state index contributed by atoms with van der Waals surface area (Å²) in [6.45, 7) is 0.224. The fraction of sp³-hybridized carbons (Fsp3) is 0.600. The fourth-order valence-corrected chi connectivity index (χ4v) is 6.22. The Kier molecular flexibility index (Phi) is 5.64. The number of aliphatic carboxylic acids is 1. The lowest BCUT2D eigenvalue weighted by Gasteiger charge is -2.47. The summed E-state index contributed by atoms with van der Waals surface area (Å²) in [7, 11) is 0. The lowest BCUT2D eigenvalue weighted by Crippen LogP contribution is -2.55. The molecule has 2 aliphatic carbocycles. The molecule has 4 atom stereocenters. The Morgan fingerprint density at radius 2 is 1.82 bits per heavy atom. The lowest BCUT2D eigenvalue weighted by atomic mass is 9.71. The van der Waals surface area contributed by atoms with Crippen molar-refractivity contribution in [1.82, 2.24) is 9.88 Å². The number of alkyl halides is 4. The van der Waals surface area contributed by atoms with E-state index in [1.165, 1.54) is 4.90 Å². The molecule has 9 heteroatoms. The first kappa shape index (κ1) is 23.2. The number of carbonyl (C=O) groups is 2. The second-order valence-electron chi connectivity index (χ2n) is 10.1. The van der Waals surface area contributed by atoms with Gasteiger partial charge < -0.3 is 15.0 Å². The number of H-pyrrole nitrogens is 1. The molecule has 1 amide bonds. The minimum atomic E-state index is -5.29. The van der Waals surface area contributed by atoms with E-state index < -0.39 is 47.7 Å². The summed E-state index contributed by atoms with van der Waals surface area (Å²) in [5.74, 6) is -2.67. The second kappa shape index (κ2) is 8.27. The number of rotatable bonds is 5. The Morgan fingerprint density at radius 3 is 2.50 bits per heavy atom. The number of nitrogens with zero attached hydrogens (tertiary/aromatic N) is 1. The molecule has 4 unspecified atom stereocenters. The van der Waals surface area contributed by atoms with E-state index in [0.717, 1.165) is 19.0 Å². The summed E-state index contributed by atoms with van der Waals surface area (Å²) >= 11 is 0. The van der Waals surface area contributed by atoms with Gasteiger partial charge in [-0.15, -0.1) is 0 Å². The molecule has 5 rings (SSSR count). The van der Waals surface area contributed by atoms with Crippen molar-refractivity contribution in [3.8, 4) is 0 Å². The maximum absolute atomic E-state index is 16.2. The number of aromatic amines is 1. The Labute approximate surface area is 194 Å². The van der Waals surface area contributed by atoms with Crippen LogP contribution in [0, 0.1) is 11.8 Å². The quantitative estimate of drug-likeness (QED) is 0.543. The number of amides is 1. The third-order valence-corrected chi connectivity index (χ3v) is 8.03. The van der Waals surface area contributed by atoms with Crippen molar-refractivity contribution in [1.29, 1.82) is 0 Å². The third-order valence-electron chi connectivity index (χ3n) is 8.03. The molecule has 0 spiro atoms. The van der Waals surface area contributed by atoms with Gasteiger partial charge in [-0.2, -0.15) is 13.2 Å². The van der Waals surface area contributed by atoms with Gasteiger partial charge in [-0.05, 0) is 62.0 Å². The first-order chi connectivity index (χ1) is 16.1. The van der Waals surface area contributed by atoms with Gasteiger partial charge >= 0.3 is 12.1 Å². The Morgan fingerprint density at radius 1 is 1.06 bits per heavy atom. The third kappa shape index (κ3) is 3.77. The zero-order valence-corrected chi connectivity index (χ0v) is 18.7. The normalized spacial score (nSPS) is 27.3. The molecule has 2 heterocycles. The molecule has 0 bridgehead atoms. The van der Waals surface area contributed by atoms with Crippen LogP contribution in [0.2, 0.25) is 0 Å². The number of aromatic nitrogens is 1. The molecule has 2 saturated carbocycles. The molecule has 0 radical (unpaired) electrons. The summed E-state index contributed by atoms with van der Waals surface area (Å²) < 4.78 is 59.2. The van der Waals surface area contributed by atoms with E-state index in [0.29, 0.717) is 43.2 Å². The van der Waals surface area contributed by atoms with Gasteiger partial charge in [-0.25, -0.2) is 4.39 Å². The number of piperidine rings is 1. The number of carboxylic acids is 1. The Balaban J connectivity index is 1.49. The summed E-state index contributed by atoms with van der Waals surface area (Å²) in [6, 6.07) is 4.63. The number of benzene rings is 1. The fourth-order valence-electron chi connectivity index (χ4n) is 6.22. The van der Waals surface area contributed by atoms with Crippen molar-refractivity contribution in [3.05, 3.63) is 35.5 Å². The largest absolute Gasteiger partial charge is 0.481 e. The van der Waals surface area contributed by atoms with Crippen LogP contribution in [0.3, 0.4) is 0 Å². The van der Waals surface area contributed by atoms with Crippen molar-refractivity contribution in [2.24, 2.45) is 11.8 Å². The van der Waals surface area contributed by atoms with Gasteiger partial charge in [0.25, 0.3) is 0 Å². The van der Waals surface area contributed by atoms with E-state index in [4.69, 9.17) is 0 Å². The molecule has 2 N–H and O–H groups in total. The zero-order chi connectivity index (χ0) is 24.3. The number of nitrogens with one attached hydrogen (secondary N) is 1. The molecule has 3 aliphatic rings. The van der Waals surface area contributed by atoms with Crippen LogP contribution in [0.1, 0.15) is 68.4 Å². The summed E-state index contributed by atoms with van der Waals surface area (Å²) in [4.78, 5) is 29.1. The van der Waals surface area contributed by atoms with Crippen LogP contribution in [-0.2, 0) is 15.3 Å². The SMILES string of the molecule is O=C(O)C1CCCC2C1CCCN2C(=O)CC(F)(c1c[nH]c2cccc(C3CC3)c12)C(F)(F)F. The first-order valence-corrected chi connectivity index (χ1v) is 12.0. The predicted molar refractivity (Wildman–Crippen MR) is 117 cm³/mol. The van der Waals surface area contributed by atoms with E-state index in [1.807, 2.05) is 0 Å². The molecule has 1 saturated heterocycles. The summed E-state index contributed by atoms with van der Waals surface area (Å²) in [6.07, 6.45) is -1.18. The molecular weight excluding hydrogens is 452 g/mol. The highest BCUT2D eigenvalue weighted by Crippen LogP contribution is 2.52. The van der Waals surface area contributed by atoms with Crippen molar-refractivity contribution in [3.63, 3.8) is 0 Å². The van der Waals surface area contributed by atoms with Gasteiger partial charge in [0, 0.05) is 35.2 Å². The average molecular weight is 481 g/mol. The molecule has 184 valence electrons. The van der Waals surface area contributed by atoms with Crippen molar-refractivity contribution in [2.45, 2.75) is 75.2 Å². The van der Waals surface area contributed by atoms with Crippen LogP contribution in [0.25, 0.3) is 10.9 Å². The molecule has 5 nitrogen and oxygen atoms in total. The van der Waals surface area contributed by atoms with Crippen LogP contribution in [-0.4, -0.2) is 45.6 Å². The highest BCUT2D eigenvalue weighted by atomic mass is 19.4. The van der Waals surface area contributed by atoms with Gasteiger partial charge in [-0.3, -0.25) is 9.59 Å². The van der Waals surface area contributed by atoms with E-state index >= 15 is 4.39 Å². The van der Waals surface area contributed by atoms with E-state index in [-0.39, 0.29) is 23.8 Å². The maximum Gasteiger partial charge on any atom is 0.427 e. The van der Waals surface area contributed by atoms with Crippen LogP contribution in [0.4, 0.5) is 17.6 Å². The van der Waals surface area contributed by atoms with E-state index in [9.17, 15) is 27.9 Å². The molecule has 3 fully saturated rings. The van der Waals surface area contributed by atoms with Crippen LogP contribution >= 0.6 is 0 Å². The molecular formula is C25H28F4N2O3. The van der Waals surface area contributed by atoms with Crippen LogP contribution in [0.5, 0.6) is 0 Å². The summed E-state index contributed by atoms with van der Waals surface area (Å²) in [5.41, 5.74) is -3.28. The second-order valence-corrected chi connectivity index (χ2v) is 10.1. The average Bonchev–Trinajstić information content (AvgIpc) is 3.54. The zero-order valence-electron chi connectivity index (χ0n) is 18.7. The minimum Gasteiger partial charge on any atom is -0.481 e. The van der Waals surface area contributed by atoms with Gasteiger partial charge in [0.1, 0.15) is 0 Å². The smallest absolute Gasteiger partial charge is 0.427 e. The van der Waals surface area contributed by atoms with Crippen molar-refractivity contribution >= 4 is 22.8 Å². The molecule has 2 aromatic rings. The Hall–Kier alpha value is -2.58. The number of hydrogen-bond donors (Lipinski definition) is 2. The Bertz CT molecular complexity index is 1110. The number of fused-ring (bicyclic) bond motifs is 2. The standard InChI is InChI=1S/C25H28F4N2O3/c26-24(25(27,28)29,18-13-30-19-7-1-4-15(22(18)19)14-9-10-14)12-21(32)31-11-3-6-16-17(23(33)34)5-2-8-20(16)31/h1,4,7,13-14,16-17,20,30H,2-3,5-6,8-12H2,(H,33,34). The van der Waals surface area contributed by atoms with Gasteiger partial charge in [-0.1, -0.05) is 18.6 Å². The van der Waals surface area contributed by atoms with Gasteiger partial charge in [0.15, 0.2) is 0 Å². The number of carbonyl (C=O) groups excluding carboxylic acids is 1. The van der Waals surface area contributed by atoms with Gasteiger partial charge in [0.2, 0.25) is 11.6 Å². The highest BCUT2D eigenvalue weighted by Gasteiger charge is 2.60. The summed E-state index contributed by atoms with van der Waals surface area (Å²) in [5, 5.41) is 9.80. The highest BCUT2D eigenvalue weighted by molar-refractivity contribution is 5.89. The van der Waals surface area contributed by atoms with E-state index in [1.54, 1.807) is 18.2 Å².